The Kier molecular flexibility index (Phi) is 12.7. The van der Waals surface area contributed by atoms with Crippen LogP contribution in [0.15, 0.2) is 42.5 Å². The Hall–Kier alpha value is -3.19. The molecule has 0 aliphatic carbocycles. The molecule has 0 aromatic heterocycles. The highest BCUT2D eigenvalue weighted by atomic mass is 32.1. The number of nitrogens with two attached hydrogens (primary N) is 1. The van der Waals surface area contributed by atoms with Crippen LogP contribution in [0.4, 0.5) is 0 Å². The molecule has 2 aromatic rings. The van der Waals surface area contributed by atoms with Crippen molar-refractivity contribution in [1.82, 2.24) is 31.9 Å². The largest absolute Gasteiger partial charge is 0.350 e. The zero-order valence-electron chi connectivity index (χ0n) is 22.9. The maximum Gasteiger partial charge on any atom is 0.244 e. The van der Waals surface area contributed by atoms with Crippen molar-refractivity contribution in [1.29, 1.82) is 0 Å². The number of carbonyl (C=O) groups is 4. The first kappa shape index (κ1) is 31.3. The van der Waals surface area contributed by atoms with Gasteiger partial charge in [0.25, 0.3) is 0 Å². The van der Waals surface area contributed by atoms with Gasteiger partial charge in [-0.3, -0.25) is 19.2 Å². The van der Waals surface area contributed by atoms with Crippen molar-refractivity contribution in [3.8, 4) is 0 Å². The fourth-order valence-corrected chi connectivity index (χ4v) is 4.97. The van der Waals surface area contributed by atoms with Crippen LogP contribution in [0, 0.1) is 0 Å². The van der Waals surface area contributed by atoms with Gasteiger partial charge in [-0.25, -0.2) is 0 Å². The molecule has 1 aliphatic rings. The highest BCUT2D eigenvalue weighted by Crippen LogP contribution is 2.18. The molecule has 2 aromatic carbocycles. The Morgan fingerprint density at radius 3 is 2.38 bits per heavy atom. The average Bonchev–Trinajstić information content (AvgIpc) is 3.46. The minimum Gasteiger partial charge on any atom is -0.350 e. The number of unbranched alkanes of at least 4 members (excludes halogenated alkanes) is 1. The number of benzene rings is 2. The minimum atomic E-state index is -0.996. The van der Waals surface area contributed by atoms with E-state index in [1.807, 2.05) is 42.5 Å². The van der Waals surface area contributed by atoms with Gasteiger partial charge in [-0.15, -0.1) is 0 Å². The van der Waals surface area contributed by atoms with Crippen molar-refractivity contribution in [3.05, 3.63) is 48.0 Å². The van der Waals surface area contributed by atoms with E-state index in [0.29, 0.717) is 52.0 Å². The normalized spacial score (nSPS) is 17.0. The maximum atomic E-state index is 13.3. The van der Waals surface area contributed by atoms with Gasteiger partial charge in [0.1, 0.15) is 18.1 Å². The molecule has 4 atom stereocenters. The van der Waals surface area contributed by atoms with Crippen LogP contribution in [0.2, 0.25) is 0 Å². The molecule has 3 rings (SSSR count). The van der Waals surface area contributed by atoms with Crippen LogP contribution in [-0.2, 0) is 25.7 Å². The monoisotopic (exact) mass is 571 g/mol. The summed E-state index contributed by atoms with van der Waals surface area (Å²) in [7, 11) is 0. The van der Waals surface area contributed by atoms with Gasteiger partial charge in [-0.05, 0) is 48.6 Å². The highest BCUT2D eigenvalue weighted by molar-refractivity contribution is 7.80. The summed E-state index contributed by atoms with van der Waals surface area (Å²) in [6.45, 7) is 3.39. The third kappa shape index (κ3) is 9.47. The number of hydrogen-bond acceptors (Lipinski definition) is 8. The lowest BCUT2D eigenvalue weighted by Gasteiger charge is -2.25. The number of hydrogen-bond donors (Lipinski definition) is 8. The molecule has 2 unspecified atom stereocenters. The summed E-state index contributed by atoms with van der Waals surface area (Å²) in [5, 5.41) is 19.7. The second kappa shape index (κ2) is 16.2. The first-order valence-electron chi connectivity index (χ1n) is 13.7. The Balaban J connectivity index is 1.67. The summed E-state index contributed by atoms with van der Waals surface area (Å²) in [4.78, 5) is 51.2. The van der Waals surface area contributed by atoms with E-state index in [1.165, 1.54) is 6.92 Å². The third-order valence-electron chi connectivity index (χ3n) is 6.85. The zero-order valence-corrected chi connectivity index (χ0v) is 23.8. The minimum absolute atomic E-state index is 0.00987. The Labute approximate surface area is 240 Å². The molecule has 0 saturated carbocycles. The van der Waals surface area contributed by atoms with Crippen molar-refractivity contribution in [2.45, 2.75) is 63.3 Å². The fourth-order valence-electron chi connectivity index (χ4n) is 4.72. The average molecular weight is 572 g/mol. The number of rotatable bonds is 15. The standard InChI is InChI=1S/C28H41N7O4S/c1-18(36)33-23(11-4-5-12-29)27(38)35-25(16-40)28(39)34-24(13-21-15-30-17-32-21)26(37)31-14-20-9-6-8-19-7-2-3-10-22(19)20/h2-3,6-10,21,23-25,30,32,40H,4-5,11-17,29H2,1H3,(H,31,37)(H,33,36)(H,34,39)(H,35,38)/t21?,23-,24-,25?/m0/s1. The summed E-state index contributed by atoms with van der Waals surface area (Å²) in [6.07, 6.45) is 2.11. The zero-order chi connectivity index (χ0) is 28.9. The van der Waals surface area contributed by atoms with Crippen molar-refractivity contribution < 1.29 is 19.2 Å². The predicted octanol–water partition coefficient (Wildman–Crippen LogP) is -0.102. The molecule has 0 spiro atoms. The van der Waals surface area contributed by atoms with E-state index in [4.69, 9.17) is 5.73 Å². The van der Waals surface area contributed by atoms with Gasteiger partial charge in [0.15, 0.2) is 0 Å². The second-order valence-electron chi connectivity index (χ2n) is 9.97. The van der Waals surface area contributed by atoms with Gasteiger partial charge < -0.3 is 37.6 Å². The Bertz CT molecular complexity index is 1150. The lowest BCUT2D eigenvalue weighted by Crippen LogP contribution is -2.58. The fraction of sp³-hybridized carbons (Fsp3) is 0.500. The van der Waals surface area contributed by atoms with Crippen LogP contribution in [0.1, 0.15) is 38.2 Å². The molecule has 218 valence electrons. The number of thiol groups is 1. The van der Waals surface area contributed by atoms with E-state index in [9.17, 15) is 19.2 Å². The van der Waals surface area contributed by atoms with E-state index in [2.05, 4.69) is 44.5 Å². The van der Waals surface area contributed by atoms with E-state index >= 15 is 0 Å². The molecule has 1 fully saturated rings. The summed E-state index contributed by atoms with van der Waals surface area (Å²) < 4.78 is 0. The summed E-state index contributed by atoms with van der Waals surface area (Å²) in [6, 6.07) is 11.2. The molecule has 11 nitrogen and oxygen atoms in total. The quantitative estimate of drug-likeness (QED) is 0.109. The lowest BCUT2D eigenvalue weighted by atomic mass is 10.0. The van der Waals surface area contributed by atoms with Crippen LogP contribution in [0.5, 0.6) is 0 Å². The van der Waals surface area contributed by atoms with Crippen LogP contribution >= 0.6 is 12.6 Å². The maximum absolute atomic E-state index is 13.3. The molecule has 40 heavy (non-hydrogen) atoms. The topological polar surface area (TPSA) is 166 Å². The molecular formula is C28H41N7O4S. The van der Waals surface area contributed by atoms with Gasteiger partial charge in [-0.1, -0.05) is 42.5 Å². The van der Waals surface area contributed by atoms with E-state index < -0.39 is 29.9 Å². The molecule has 1 aliphatic heterocycles. The molecular weight excluding hydrogens is 530 g/mol. The van der Waals surface area contributed by atoms with E-state index in [0.717, 1.165) is 16.3 Å². The van der Waals surface area contributed by atoms with Crippen LogP contribution in [-0.4, -0.2) is 73.3 Å². The first-order valence-corrected chi connectivity index (χ1v) is 14.3. The van der Waals surface area contributed by atoms with Gasteiger partial charge in [0.2, 0.25) is 23.6 Å². The Morgan fingerprint density at radius 1 is 0.950 bits per heavy atom. The lowest BCUT2D eigenvalue weighted by molar-refractivity contribution is -0.133. The summed E-state index contributed by atoms with van der Waals surface area (Å²) >= 11 is 4.27. The van der Waals surface area contributed by atoms with Crippen molar-refractivity contribution in [2.24, 2.45) is 5.73 Å². The van der Waals surface area contributed by atoms with Crippen LogP contribution < -0.4 is 37.6 Å². The van der Waals surface area contributed by atoms with Crippen molar-refractivity contribution in [3.63, 3.8) is 0 Å². The summed E-state index contributed by atoms with van der Waals surface area (Å²) in [5.74, 6) is -1.67. The molecule has 4 amide bonds. The molecule has 0 radical (unpaired) electrons. The number of nitrogens with one attached hydrogen (secondary N) is 6. The molecule has 12 heteroatoms. The Morgan fingerprint density at radius 2 is 1.68 bits per heavy atom. The first-order chi connectivity index (χ1) is 19.3. The number of amides is 4. The van der Waals surface area contributed by atoms with Gasteiger partial charge in [0, 0.05) is 38.5 Å². The van der Waals surface area contributed by atoms with Crippen molar-refractivity contribution >= 4 is 47.0 Å². The molecule has 8 N–H and O–H groups in total. The van der Waals surface area contributed by atoms with E-state index in [-0.39, 0.29) is 23.6 Å². The molecule has 1 heterocycles. The molecule has 1 saturated heterocycles. The SMILES string of the molecule is CC(=O)N[C@@H](CCCCN)C(=O)NC(CS)C(=O)N[C@@H](CC1CNCN1)C(=O)NCc1cccc2ccccc12. The second-order valence-corrected chi connectivity index (χ2v) is 10.3. The third-order valence-corrected chi connectivity index (χ3v) is 7.21. The smallest absolute Gasteiger partial charge is 0.244 e. The highest BCUT2D eigenvalue weighted by Gasteiger charge is 2.30. The molecule has 0 bridgehead atoms. The predicted molar refractivity (Wildman–Crippen MR) is 158 cm³/mol. The van der Waals surface area contributed by atoms with Gasteiger partial charge >= 0.3 is 0 Å². The van der Waals surface area contributed by atoms with Crippen molar-refractivity contribution in [2.75, 3.05) is 25.5 Å². The van der Waals surface area contributed by atoms with Gasteiger partial charge in [-0.2, -0.15) is 12.6 Å². The van der Waals surface area contributed by atoms with Gasteiger partial charge in [0.05, 0.1) is 0 Å². The van der Waals surface area contributed by atoms with Crippen LogP contribution in [0.25, 0.3) is 10.8 Å². The van der Waals surface area contributed by atoms with E-state index in [1.54, 1.807) is 0 Å². The van der Waals surface area contributed by atoms with Crippen LogP contribution in [0.3, 0.4) is 0 Å². The number of carbonyl (C=O) groups excluding carboxylic acids is 4. The summed E-state index contributed by atoms with van der Waals surface area (Å²) in [5.41, 5.74) is 6.52. The number of fused-ring (bicyclic) bond motifs is 1.